The average Bonchev–Trinajstić information content (AvgIpc) is 2.40. The normalized spacial score (nSPS) is 20.3. The molecule has 1 saturated heterocycles. The van der Waals surface area contributed by atoms with Crippen LogP contribution in [0.1, 0.15) is 50.7 Å². The number of hydrogen-bond acceptors (Lipinski definition) is 2. The van der Waals surface area contributed by atoms with Gasteiger partial charge in [0.25, 0.3) is 0 Å². The monoisotopic (exact) mass is 247 g/mol. The first-order valence-corrected chi connectivity index (χ1v) is 7.10. The number of likely N-dealkylation sites (tertiary alicyclic amines) is 1. The van der Waals surface area contributed by atoms with Gasteiger partial charge in [-0.2, -0.15) is 0 Å². The first-order chi connectivity index (χ1) is 8.55. The summed E-state index contributed by atoms with van der Waals surface area (Å²) in [5.74, 6) is 0.552. The van der Waals surface area contributed by atoms with Crippen LogP contribution in [0.15, 0.2) is 24.3 Å². The number of nitrogens with zero attached hydrogens (tertiary/aromatic N) is 1. The smallest absolute Gasteiger partial charge is 0.0920 e. The Morgan fingerprint density at radius 2 is 1.72 bits per heavy atom. The molecular formula is C16H25NO. The minimum Gasteiger partial charge on any atom is -0.385 e. The van der Waals surface area contributed by atoms with Gasteiger partial charge < -0.3 is 10.0 Å². The molecule has 18 heavy (non-hydrogen) atoms. The zero-order chi connectivity index (χ0) is 13.2. The van der Waals surface area contributed by atoms with E-state index in [1.807, 2.05) is 0 Å². The second-order valence-corrected chi connectivity index (χ2v) is 5.74. The Labute approximate surface area is 111 Å². The van der Waals surface area contributed by atoms with Crippen molar-refractivity contribution in [1.82, 2.24) is 4.90 Å². The zero-order valence-corrected chi connectivity index (χ0v) is 11.8. The minimum absolute atomic E-state index is 0.552. The molecule has 1 aliphatic rings. The van der Waals surface area contributed by atoms with Gasteiger partial charge in [0.1, 0.15) is 0 Å². The van der Waals surface area contributed by atoms with Crippen molar-refractivity contribution >= 4 is 0 Å². The van der Waals surface area contributed by atoms with Gasteiger partial charge in [0, 0.05) is 13.1 Å². The molecule has 1 fully saturated rings. The summed E-state index contributed by atoms with van der Waals surface area (Å²) in [6.45, 7) is 9.66. The van der Waals surface area contributed by atoms with Crippen LogP contribution in [0.25, 0.3) is 0 Å². The Hall–Kier alpha value is -0.860. The molecule has 0 amide bonds. The SMILES string of the molecule is CCN1CCC(O)(c2ccc(C(C)C)cc2)CC1. The number of benzene rings is 1. The van der Waals surface area contributed by atoms with Gasteiger partial charge in [0.05, 0.1) is 5.60 Å². The lowest BCUT2D eigenvalue weighted by Crippen LogP contribution is -2.42. The molecule has 1 aliphatic heterocycles. The molecule has 2 heteroatoms. The summed E-state index contributed by atoms with van der Waals surface area (Å²) in [4.78, 5) is 2.40. The highest BCUT2D eigenvalue weighted by Crippen LogP contribution is 2.33. The maximum atomic E-state index is 10.8. The molecule has 100 valence electrons. The highest BCUT2D eigenvalue weighted by atomic mass is 16.3. The van der Waals surface area contributed by atoms with Gasteiger partial charge in [-0.25, -0.2) is 0 Å². The van der Waals surface area contributed by atoms with Gasteiger partial charge in [-0.15, -0.1) is 0 Å². The van der Waals surface area contributed by atoms with Crippen LogP contribution in [0.5, 0.6) is 0 Å². The largest absolute Gasteiger partial charge is 0.385 e. The van der Waals surface area contributed by atoms with E-state index in [-0.39, 0.29) is 0 Å². The van der Waals surface area contributed by atoms with Crippen LogP contribution in [0, 0.1) is 0 Å². The van der Waals surface area contributed by atoms with E-state index < -0.39 is 5.60 Å². The molecule has 0 atom stereocenters. The summed E-state index contributed by atoms with van der Waals surface area (Å²) >= 11 is 0. The maximum Gasteiger partial charge on any atom is 0.0920 e. The Morgan fingerprint density at radius 3 is 2.17 bits per heavy atom. The van der Waals surface area contributed by atoms with E-state index in [1.54, 1.807) is 0 Å². The van der Waals surface area contributed by atoms with Gasteiger partial charge in [-0.05, 0) is 36.4 Å². The van der Waals surface area contributed by atoms with Crippen LogP contribution in [-0.2, 0) is 5.60 Å². The van der Waals surface area contributed by atoms with Crippen molar-refractivity contribution in [2.45, 2.75) is 45.1 Å². The molecule has 0 unspecified atom stereocenters. The van der Waals surface area contributed by atoms with Crippen molar-refractivity contribution in [3.63, 3.8) is 0 Å². The Morgan fingerprint density at radius 1 is 1.17 bits per heavy atom. The quantitative estimate of drug-likeness (QED) is 0.887. The first-order valence-electron chi connectivity index (χ1n) is 7.10. The zero-order valence-electron chi connectivity index (χ0n) is 11.8. The second kappa shape index (κ2) is 5.41. The van der Waals surface area contributed by atoms with Crippen molar-refractivity contribution in [1.29, 1.82) is 0 Å². The van der Waals surface area contributed by atoms with Gasteiger partial charge in [0.2, 0.25) is 0 Å². The van der Waals surface area contributed by atoms with E-state index in [0.717, 1.165) is 38.0 Å². The molecule has 1 aromatic rings. The molecular weight excluding hydrogens is 222 g/mol. The third-order valence-corrected chi connectivity index (χ3v) is 4.25. The highest BCUT2D eigenvalue weighted by molar-refractivity contribution is 5.29. The molecule has 0 aromatic heterocycles. The van der Waals surface area contributed by atoms with Crippen molar-refractivity contribution in [3.8, 4) is 0 Å². The van der Waals surface area contributed by atoms with Crippen molar-refractivity contribution in [2.75, 3.05) is 19.6 Å². The maximum absolute atomic E-state index is 10.8. The fourth-order valence-corrected chi connectivity index (χ4v) is 2.71. The summed E-state index contributed by atoms with van der Waals surface area (Å²) in [5.41, 5.74) is 1.82. The standard InChI is InChI=1S/C16H25NO/c1-4-17-11-9-16(18,10-12-17)15-7-5-14(6-8-15)13(2)3/h5-8,13,18H,4,9-12H2,1-3H3. The number of piperidine rings is 1. The van der Waals surface area contributed by atoms with E-state index in [2.05, 4.69) is 49.9 Å². The lowest BCUT2D eigenvalue weighted by atomic mass is 9.83. The van der Waals surface area contributed by atoms with Gasteiger partial charge >= 0.3 is 0 Å². The minimum atomic E-state index is -0.610. The molecule has 0 aliphatic carbocycles. The molecule has 0 bridgehead atoms. The fraction of sp³-hybridized carbons (Fsp3) is 0.625. The molecule has 0 radical (unpaired) electrons. The predicted octanol–water partition coefficient (Wildman–Crippen LogP) is 3.11. The van der Waals surface area contributed by atoms with E-state index >= 15 is 0 Å². The van der Waals surface area contributed by atoms with Gasteiger partial charge in [-0.3, -0.25) is 0 Å². The molecule has 1 heterocycles. The Balaban J connectivity index is 2.11. The fourth-order valence-electron chi connectivity index (χ4n) is 2.71. The summed E-state index contributed by atoms with van der Waals surface area (Å²) in [5, 5.41) is 10.8. The molecule has 0 saturated carbocycles. The summed E-state index contributed by atoms with van der Waals surface area (Å²) in [7, 11) is 0. The summed E-state index contributed by atoms with van der Waals surface area (Å²) in [6.07, 6.45) is 1.70. The van der Waals surface area contributed by atoms with E-state index in [9.17, 15) is 5.11 Å². The number of hydrogen-bond donors (Lipinski definition) is 1. The summed E-state index contributed by atoms with van der Waals surface area (Å²) < 4.78 is 0. The number of aliphatic hydroxyl groups is 1. The second-order valence-electron chi connectivity index (χ2n) is 5.74. The molecule has 0 spiro atoms. The Bertz CT molecular complexity index is 375. The van der Waals surface area contributed by atoms with Crippen molar-refractivity contribution in [2.24, 2.45) is 0 Å². The molecule has 2 nitrogen and oxygen atoms in total. The van der Waals surface area contributed by atoms with Crippen LogP contribution < -0.4 is 0 Å². The third kappa shape index (κ3) is 2.76. The van der Waals surface area contributed by atoms with Crippen LogP contribution >= 0.6 is 0 Å². The molecule has 1 aromatic carbocycles. The van der Waals surface area contributed by atoms with Crippen molar-refractivity contribution < 1.29 is 5.11 Å². The van der Waals surface area contributed by atoms with Gasteiger partial charge in [0.15, 0.2) is 0 Å². The number of rotatable bonds is 3. The van der Waals surface area contributed by atoms with Crippen molar-refractivity contribution in [3.05, 3.63) is 35.4 Å². The molecule has 2 rings (SSSR count). The van der Waals surface area contributed by atoms with Crippen LogP contribution in [0.2, 0.25) is 0 Å². The molecule has 1 N–H and O–H groups in total. The van der Waals surface area contributed by atoms with E-state index in [0.29, 0.717) is 5.92 Å². The topological polar surface area (TPSA) is 23.5 Å². The predicted molar refractivity (Wildman–Crippen MR) is 75.8 cm³/mol. The lowest BCUT2D eigenvalue weighted by Gasteiger charge is -2.38. The van der Waals surface area contributed by atoms with Crippen LogP contribution in [0.3, 0.4) is 0 Å². The van der Waals surface area contributed by atoms with E-state index in [1.165, 1.54) is 5.56 Å². The Kier molecular flexibility index (Phi) is 4.08. The summed E-state index contributed by atoms with van der Waals surface area (Å²) in [6, 6.07) is 8.53. The first kappa shape index (κ1) is 13.6. The average molecular weight is 247 g/mol. The van der Waals surface area contributed by atoms with Crippen LogP contribution in [-0.4, -0.2) is 29.6 Å². The van der Waals surface area contributed by atoms with E-state index in [4.69, 9.17) is 0 Å². The van der Waals surface area contributed by atoms with Crippen LogP contribution in [0.4, 0.5) is 0 Å². The van der Waals surface area contributed by atoms with Gasteiger partial charge in [-0.1, -0.05) is 45.0 Å². The third-order valence-electron chi connectivity index (χ3n) is 4.25. The lowest BCUT2D eigenvalue weighted by molar-refractivity contribution is -0.0247. The highest BCUT2D eigenvalue weighted by Gasteiger charge is 2.33.